The molecule has 23 heavy (non-hydrogen) atoms. The molecule has 3 rings (SSSR count). The monoisotopic (exact) mass is 303 g/mol. The predicted molar refractivity (Wildman–Crippen MR) is 94.1 cm³/mol. The lowest BCUT2D eigenvalue weighted by Crippen LogP contribution is -2.23. The van der Waals surface area contributed by atoms with E-state index in [1.807, 2.05) is 67.6 Å². The predicted octanol–water partition coefficient (Wildman–Crippen LogP) is 4.34. The number of benzene rings is 2. The van der Waals surface area contributed by atoms with E-state index in [2.05, 4.69) is 15.6 Å². The van der Waals surface area contributed by atoms with E-state index in [0.717, 1.165) is 16.5 Å². The number of anilines is 1. The lowest BCUT2D eigenvalue weighted by molar-refractivity contribution is 0.255. The van der Waals surface area contributed by atoms with Gasteiger partial charge in [-0.2, -0.15) is 0 Å². The van der Waals surface area contributed by atoms with Gasteiger partial charge in [-0.1, -0.05) is 48.0 Å². The molecule has 0 unspecified atom stereocenters. The summed E-state index contributed by atoms with van der Waals surface area (Å²) < 4.78 is 0. The van der Waals surface area contributed by atoms with Crippen LogP contribution >= 0.6 is 0 Å². The molecule has 0 aliphatic rings. The first-order chi connectivity index (χ1) is 11.2. The highest BCUT2D eigenvalue weighted by Crippen LogP contribution is 2.20. The van der Waals surface area contributed by atoms with Crippen molar-refractivity contribution < 1.29 is 4.79 Å². The van der Waals surface area contributed by atoms with Crippen LogP contribution in [0.5, 0.6) is 0 Å². The number of aryl methyl sites for hydroxylation is 1. The van der Waals surface area contributed by atoms with Crippen LogP contribution in [0, 0.1) is 6.92 Å². The summed E-state index contributed by atoms with van der Waals surface area (Å²) in [4.78, 5) is 16.3. The Bertz CT molecular complexity index is 866. The molecule has 2 N–H and O–H groups in total. The average molecular weight is 303 g/mol. The molecule has 114 valence electrons. The normalized spacial score (nSPS) is 10.8. The minimum absolute atomic E-state index is 0.299. The van der Waals surface area contributed by atoms with Crippen molar-refractivity contribution in [3.63, 3.8) is 0 Å². The number of nitrogens with zero attached hydrogens (tertiary/aromatic N) is 1. The molecule has 0 saturated heterocycles. The molecule has 0 saturated carbocycles. The number of nitrogens with one attached hydrogen (secondary N) is 2. The number of urea groups is 1. The van der Waals surface area contributed by atoms with Crippen molar-refractivity contribution in [1.82, 2.24) is 10.3 Å². The highest BCUT2D eigenvalue weighted by Gasteiger charge is 2.04. The lowest BCUT2D eigenvalue weighted by Gasteiger charge is -2.07. The van der Waals surface area contributed by atoms with Crippen molar-refractivity contribution in [2.45, 2.75) is 6.92 Å². The summed E-state index contributed by atoms with van der Waals surface area (Å²) >= 11 is 0. The second-order valence-electron chi connectivity index (χ2n) is 5.23. The van der Waals surface area contributed by atoms with Crippen LogP contribution in [0.15, 0.2) is 67.0 Å². The van der Waals surface area contributed by atoms with Crippen molar-refractivity contribution >= 4 is 28.7 Å². The minimum Gasteiger partial charge on any atom is -0.314 e. The Hall–Kier alpha value is -3.14. The van der Waals surface area contributed by atoms with Crippen molar-refractivity contribution in [2.24, 2.45) is 0 Å². The van der Waals surface area contributed by atoms with Gasteiger partial charge in [0, 0.05) is 17.8 Å². The lowest BCUT2D eigenvalue weighted by atomic mass is 10.1. The molecular weight excluding hydrogens is 286 g/mol. The van der Waals surface area contributed by atoms with Gasteiger partial charge in [-0.15, -0.1) is 0 Å². The summed E-state index contributed by atoms with van der Waals surface area (Å²) in [7, 11) is 0. The number of rotatable bonds is 3. The Balaban J connectivity index is 1.67. The SMILES string of the molecule is Cc1cccc(/C=C/NC(=O)Nc2cccc3cccnc23)c1. The quantitative estimate of drug-likeness (QED) is 0.756. The molecule has 0 spiro atoms. The van der Waals surface area contributed by atoms with E-state index in [-0.39, 0.29) is 6.03 Å². The summed E-state index contributed by atoms with van der Waals surface area (Å²) in [6.07, 6.45) is 5.19. The van der Waals surface area contributed by atoms with Gasteiger partial charge in [0.15, 0.2) is 0 Å². The topological polar surface area (TPSA) is 54.0 Å². The molecule has 3 aromatic rings. The molecule has 2 aromatic carbocycles. The minimum atomic E-state index is -0.299. The fourth-order valence-corrected chi connectivity index (χ4v) is 2.35. The molecule has 2 amide bonds. The summed E-state index contributed by atoms with van der Waals surface area (Å²) in [5.74, 6) is 0. The zero-order valence-electron chi connectivity index (χ0n) is 12.8. The third kappa shape index (κ3) is 3.74. The van der Waals surface area contributed by atoms with E-state index in [4.69, 9.17) is 0 Å². The molecule has 1 aromatic heterocycles. The van der Waals surface area contributed by atoms with E-state index in [9.17, 15) is 4.79 Å². The summed E-state index contributed by atoms with van der Waals surface area (Å²) in [6.45, 7) is 2.03. The average Bonchev–Trinajstić information content (AvgIpc) is 2.55. The molecule has 0 aliphatic heterocycles. The fourth-order valence-electron chi connectivity index (χ4n) is 2.35. The van der Waals surface area contributed by atoms with Crippen LogP contribution in [0.25, 0.3) is 17.0 Å². The van der Waals surface area contributed by atoms with Gasteiger partial charge in [0.05, 0.1) is 11.2 Å². The number of amides is 2. The van der Waals surface area contributed by atoms with Crippen LogP contribution in [0.2, 0.25) is 0 Å². The van der Waals surface area contributed by atoms with Gasteiger partial charge in [0.1, 0.15) is 0 Å². The summed E-state index contributed by atoms with van der Waals surface area (Å²) in [5, 5.41) is 6.51. The van der Waals surface area contributed by atoms with Crippen LogP contribution in [-0.2, 0) is 0 Å². The van der Waals surface area contributed by atoms with Gasteiger partial charge in [-0.05, 0) is 30.7 Å². The Labute approximate surface area is 134 Å². The van der Waals surface area contributed by atoms with E-state index < -0.39 is 0 Å². The number of para-hydroxylation sites is 1. The number of pyridine rings is 1. The molecule has 0 radical (unpaired) electrons. The first kappa shape index (κ1) is 14.8. The van der Waals surface area contributed by atoms with Crippen molar-refractivity contribution in [2.75, 3.05) is 5.32 Å². The number of carbonyl (C=O) groups excluding carboxylic acids is 1. The number of aromatic nitrogens is 1. The van der Waals surface area contributed by atoms with Gasteiger partial charge < -0.3 is 10.6 Å². The van der Waals surface area contributed by atoms with Crippen LogP contribution in [0.3, 0.4) is 0 Å². The van der Waals surface area contributed by atoms with Crippen molar-refractivity contribution in [3.8, 4) is 0 Å². The zero-order valence-corrected chi connectivity index (χ0v) is 12.8. The molecule has 4 nitrogen and oxygen atoms in total. The third-order valence-corrected chi connectivity index (χ3v) is 3.41. The maximum Gasteiger partial charge on any atom is 0.323 e. The van der Waals surface area contributed by atoms with Gasteiger partial charge >= 0.3 is 6.03 Å². The van der Waals surface area contributed by atoms with Crippen LogP contribution in [0.1, 0.15) is 11.1 Å². The Morgan fingerprint density at radius 3 is 2.78 bits per heavy atom. The van der Waals surface area contributed by atoms with Gasteiger partial charge in [0.25, 0.3) is 0 Å². The van der Waals surface area contributed by atoms with Crippen molar-refractivity contribution in [3.05, 3.63) is 78.1 Å². The molecule has 4 heteroatoms. The molecule has 0 bridgehead atoms. The first-order valence-corrected chi connectivity index (χ1v) is 7.37. The van der Waals surface area contributed by atoms with Gasteiger partial charge in [0.2, 0.25) is 0 Å². The van der Waals surface area contributed by atoms with Crippen molar-refractivity contribution in [1.29, 1.82) is 0 Å². The van der Waals surface area contributed by atoms with Crippen LogP contribution in [-0.4, -0.2) is 11.0 Å². The van der Waals surface area contributed by atoms with Gasteiger partial charge in [-0.25, -0.2) is 4.79 Å². The first-order valence-electron chi connectivity index (χ1n) is 7.37. The summed E-state index contributed by atoms with van der Waals surface area (Å²) in [5.41, 5.74) is 3.67. The largest absolute Gasteiger partial charge is 0.323 e. The highest BCUT2D eigenvalue weighted by molar-refractivity contribution is 5.99. The smallest absolute Gasteiger partial charge is 0.314 e. The third-order valence-electron chi connectivity index (χ3n) is 3.41. The van der Waals surface area contributed by atoms with E-state index >= 15 is 0 Å². The van der Waals surface area contributed by atoms with E-state index in [1.165, 1.54) is 5.56 Å². The molecule has 1 heterocycles. The molecular formula is C19H17N3O. The number of fused-ring (bicyclic) bond motifs is 1. The zero-order chi connectivity index (χ0) is 16.1. The Morgan fingerprint density at radius 2 is 1.91 bits per heavy atom. The highest BCUT2D eigenvalue weighted by atomic mass is 16.2. The summed E-state index contributed by atoms with van der Waals surface area (Å²) in [6, 6.07) is 17.3. The van der Waals surface area contributed by atoms with Crippen LogP contribution < -0.4 is 10.6 Å². The molecule has 0 atom stereocenters. The second kappa shape index (κ2) is 6.75. The fraction of sp³-hybridized carbons (Fsp3) is 0.0526. The number of hydrogen-bond acceptors (Lipinski definition) is 2. The molecule has 0 aliphatic carbocycles. The number of hydrogen-bond donors (Lipinski definition) is 2. The van der Waals surface area contributed by atoms with Gasteiger partial charge in [-0.3, -0.25) is 4.98 Å². The van der Waals surface area contributed by atoms with E-state index in [1.54, 1.807) is 12.4 Å². The number of carbonyl (C=O) groups is 1. The standard InChI is InChI=1S/C19H17N3O/c1-14-5-2-6-15(13-14)10-12-21-19(23)22-17-9-3-7-16-8-4-11-20-18(16)17/h2-13H,1H3,(H2,21,22,23)/b12-10+. The van der Waals surface area contributed by atoms with Crippen LogP contribution in [0.4, 0.5) is 10.5 Å². The maximum atomic E-state index is 12.0. The van der Waals surface area contributed by atoms with E-state index in [0.29, 0.717) is 5.69 Å². The maximum absolute atomic E-state index is 12.0. The Kier molecular flexibility index (Phi) is 4.34. The second-order valence-corrected chi connectivity index (χ2v) is 5.23. The molecule has 0 fully saturated rings. The Morgan fingerprint density at radius 1 is 1.09 bits per heavy atom.